The lowest BCUT2D eigenvalue weighted by atomic mass is 9.77. The number of ether oxygens (including phenoxy) is 2. The molecule has 0 fully saturated rings. The van der Waals surface area contributed by atoms with E-state index < -0.39 is 23.0 Å². The van der Waals surface area contributed by atoms with Crippen LogP contribution in [0.2, 0.25) is 0 Å². The molecule has 0 bridgehead atoms. The van der Waals surface area contributed by atoms with Gasteiger partial charge in [-0.3, -0.25) is 9.48 Å². The molecule has 36 heavy (non-hydrogen) atoms. The summed E-state index contributed by atoms with van der Waals surface area (Å²) < 4.78 is 42.6. The van der Waals surface area contributed by atoms with Crippen molar-refractivity contribution >= 4 is 22.4 Å². The maximum absolute atomic E-state index is 15.6. The Labute approximate surface area is 208 Å². The van der Waals surface area contributed by atoms with Gasteiger partial charge in [-0.2, -0.15) is 5.10 Å². The van der Waals surface area contributed by atoms with Crippen LogP contribution in [-0.4, -0.2) is 22.9 Å². The smallest absolute Gasteiger partial charge is 0.320 e. The van der Waals surface area contributed by atoms with E-state index in [-0.39, 0.29) is 6.61 Å². The predicted molar refractivity (Wildman–Crippen MR) is 133 cm³/mol. The van der Waals surface area contributed by atoms with E-state index in [9.17, 15) is 9.18 Å². The van der Waals surface area contributed by atoms with Crippen LogP contribution in [0.1, 0.15) is 35.1 Å². The largest absolute Gasteiger partial charge is 0.497 e. The predicted octanol–water partition coefficient (Wildman–Crippen LogP) is 6.03. The lowest BCUT2D eigenvalue weighted by Crippen LogP contribution is -2.34. The summed E-state index contributed by atoms with van der Waals surface area (Å²) >= 11 is 0. The van der Waals surface area contributed by atoms with Gasteiger partial charge in [-0.05, 0) is 60.2 Å². The molecule has 0 unspecified atom stereocenters. The number of allylic oxidation sites excluding steroid dienone is 1. The van der Waals surface area contributed by atoms with Crippen molar-refractivity contribution in [2.45, 2.75) is 31.8 Å². The van der Waals surface area contributed by atoms with Gasteiger partial charge in [0.25, 0.3) is 0 Å². The molecule has 5 nitrogen and oxygen atoms in total. The average Bonchev–Trinajstić information content (AvgIpc) is 3.50. The Balaban J connectivity index is 1.55. The van der Waals surface area contributed by atoms with Gasteiger partial charge in [-0.25, -0.2) is 8.78 Å². The molecule has 0 amide bonds. The first kappa shape index (κ1) is 23.7. The minimum atomic E-state index is -1.23. The van der Waals surface area contributed by atoms with Crippen LogP contribution in [0, 0.1) is 18.6 Å². The summed E-state index contributed by atoms with van der Waals surface area (Å²) in [5.41, 5.74) is 1.95. The number of esters is 1. The summed E-state index contributed by atoms with van der Waals surface area (Å²) in [5.74, 6) is -0.590. The minimum absolute atomic E-state index is 0.0530. The van der Waals surface area contributed by atoms with Crippen LogP contribution in [0.3, 0.4) is 0 Å². The van der Waals surface area contributed by atoms with Gasteiger partial charge in [0.15, 0.2) is 5.82 Å². The monoisotopic (exact) mass is 488 g/mol. The number of hydrogen-bond acceptors (Lipinski definition) is 4. The molecule has 184 valence electrons. The second kappa shape index (κ2) is 9.22. The van der Waals surface area contributed by atoms with Gasteiger partial charge in [0.05, 0.1) is 13.3 Å². The van der Waals surface area contributed by atoms with Gasteiger partial charge in [0.2, 0.25) is 0 Å². The molecule has 0 N–H and O–H groups in total. The zero-order valence-corrected chi connectivity index (χ0v) is 20.3. The summed E-state index contributed by atoms with van der Waals surface area (Å²) in [6, 6.07) is 15.4. The molecule has 1 atom stereocenters. The highest BCUT2D eigenvalue weighted by atomic mass is 19.1. The first-order chi connectivity index (χ1) is 17.3. The quantitative estimate of drug-likeness (QED) is 0.311. The van der Waals surface area contributed by atoms with Crippen LogP contribution in [0.15, 0.2) is 66.9 Å². The van der Waals surface area contributed by atoms with E-state index in [4.69, 9.17) is 9.47 Å². The number of aryl methyl sites for hydroxylation is 1. The number of nitrogens with zero attached hydrogens (tertiary/aromatic N) is 2. The van der Waals surface area contributed by atoms with Gasteiger partial charge in [0.1, 0.15) is 29.1 Å². The van der Waals surface area contributed by atoms with Crippen LogP contribution in [0.25, 0.3) is 16.5 Å². The summed E-state index contributed by atoms with van der Waals surface area (Å²) in [6.07, 6.45) is 4.15. The van der Waals surface area contributed by atoms with Crippen molar-refractivity contribution < 1.29 is 23.0 Å². The molecule has 4 aromatic rings. The van der Waals surface area contributed by atoms with Gasteiger partial charge >= 0.3 is 5.97 Å². The maximum Gasteiger partial charge on any atom is 0.320 e. The highest BCUT2D eigenvalue weighted by molar-refractivity contribution is 5.93. The van der Waals surface area contributed by atoms with Crippen molar-refractivity contribution in [1.29, 1.82) is 0 Å². The number of rotatable bonds is 6. The highest BCUT2D eigenvalue weighted by Gasteiger charge is 2.45. The van der Waals surface area contributed by atoms with Crippen LogP contribution >= 0.6 is 0 Å². The van der Waals surface area contributed by atoms with E-state index in [1.165, 1.54) is 10.7 Å². The highest BCUT2D eigenvalue weighted by Crippen LogP contribution is 2.46. The Kier molecular flexibility index (Phi) is 6.08. The zero-order chi connectivity index (χ0) is 25.4. The van der Waals surface area contributed by atoms with E-state index in [1.807, 2.05) is 18.2 Å². The average molecular weight is 489 g/mol. The summed E-state index contributed by atoms with van der Waals surface area (Å²) in [6.45, 7) is 1.70. The molecule has 0 spiro atoms. The van der Waals surface area contributed by atoms with E-state index in [0.29, 0.717) is 51.8 Å². The van der Waals surface area contributed by atoms with Gasteiger partial charge < -0.3 is 9.47 Å². The third kappa shape index (κ3) is 3.94. The van der Waals surface area contributed by atoms with Gasteiger partial charge in [-0.1, -0.05) is 42.5 Å². The summed E-state index contributed by atoms with van der Waals surface area (Å²) in [5, 5.41) is 4.85. The summed E-state index contributed by atoms with van der Waals surface area (Å²) in [7, 11) is 3.27. The molecule has 0 saturated carbocycles. The van der Waals surface area contributed by atoms with Crippen LogP contribution in [-0.2, 0) is 28.6 Å². The van der Waals surface area contributed by atoms with Crippen LogP contribution in [0.4, 0.5) is 8.78 Å². The standard InChI is InChI=1S/C29H26F2N2O3/c1-18-24(5-4-6-25(18)30)29(28(34)36-17-19-7-10-22(35-3)11-8-19)14-13-20(15-29)23-12-9-21-16-32-33(2)27(21)26(23)31/h4-12,15-16H,13-14,17H2,1-3H3/t29-/m0/s1. The molecule has 0 aliphatic heterocycles. The molecular formula is C29H26F2N2O3. The first-order valence-electron chi connectivity index (χ1n) is 11.7. The third-order valence-corrected chi connectivity index (χ3v) is 7.04. The number of aromatic nitrogens is 2. The van der Waals surface area contributed by atoms with Crippen molar-refractivity contribution in [3.63, 3.8) is 0 Å². The number of hydrogen-bond donors (Lipinski definition) is 0. The molecule has 1 aromatic heterocycles. The first-order valence-corrected chi connectivity index (χ1v) is 11.7. The topological polar surface area (TPSA) is 53.4 Å². The number of carbonyl (C=O) groups is 1. The lowest BCUT2D eigenvalue weighted by Gasteiger charge is -2.27. The fourth-order valence-corrected chi connectivity index (χ4v) is 5.03. The molecule has 3 aromatic carbocycles. The van der Waals surface area contributed by atoms with E-state index >= 15 is 4.39 Å². The number of carbonyl (C=O) groups excluding carboxylic acids is 1. The number of benzene rings is 3. The Bertz CT molecular complexity index is 1490. The van der Waals surface area contributed by atoms with Crippen molar-refractivity contribution in [2.24, 2.45) is 7.05 Å². The minimum Gasteiger partial charge on any atom is -0.497 e. The van der Waals surface area contributed by atoms with Crippen molar-refractivity contribution in [2.75, 3.05) is 7.11 Å². The second-order valence-electron chi connectivity index (χ2n) is 9.11. The Hall–Kier alpha value is -4.00. The van der Waals surface area contributed by atoms with E-state index in [0.717, 1.165) is 5.56 Å². The molecule has 0 radical (unpaired) electrons. The Morgan fingerprint density at radius 1 is 1.11 bits per heavy atom. The molecule has 0 saturated heterocycles. The van der Waals surface area contributed by atoms with Crippen molar-refractivity contribution in [3.05, 3.63) is 101 Å². The summed E-state index contributed by atoms with van der Waals surface area (Å²) in [4.78, 5) is 13.7. The van der Waals surface area contributed by atoms with Gasteiger partial charge in [0, 0.05) is 18.0 Å². The van der Waals surface area contributed by atoms with Crippen LogP contribution in [0.5, 0.6) is 5.75 Å². The van der Waals surface area contributed by atoms with Crippen molar-refractivity contribution in [1.82, 2.24) is 9.78 Å². The Morgan fingerprint density at radius 3 is 2.64 bits per heavy atom. The zero-order valence-electron chi connectivity index (χ0n) is 20.3. The molecule has 1 aliphatic rings. The molecule has 1 heterocycles. The Morgan fingerprint density at radius 2 is 1.89 bits per heavy atom. The normalized spacial score (nSPS) is 17.3. The maximum atomic E-state index is 15.6. The molecule has 1 aliphatic carbocycles. The van der Waals surface area contributed by atoms with Gasteiger partial charge in [-0.15, -0.1) is 0 Å². The fourth-order valence-electron chi connectivity index (χ4n) is 5.03. The number of halogens is 2. The SMILES string of the molecule is COc1ccc(COC(=O)[C@]2(c3cccc(F)c3C)C=C(c3ccc4cnn(C)c4c3F)CC2)cc1. The molecular weight excluding hydrogens is 462 g/mol. The number of methoxy groups -OCH3 is 1. The van der Waals surface area contributed by atoms with Crippen LogP contribution < -0.4 is 4.74 Å². The van der Waals surface area contributed by atoms with E-state index in [1.54, 1.807) is 63.7 Å². The van der Waals surface area contributed by atoms with Crippen molar-refractivity contribution in [3.8, 4) is 5.75 Å². The molecule has 7 heteroatoms. The molecule has 5 rings (SSSR count). The number of fused-ring (bicyclic) bond motifs is 1. The third-order valence-electron chi connectivity index (χ3n) is 7.04. The fraction of sp³-hybridized carbons (Fsp3) is 0.241. The second-order valence-corrected chi connectivity index (χ2v) is 9.11. The lowest BCUT2D eigenvalue weighted by molar-refractivity contribution is -0.150. The van der Waals surface area contributed by atoms with E-state index in [2.05, 4.69) is 5.10 Å².